The van der Waals surface area contributed by atoms with Gasteiger partial charge < -0.3 is 20.1 Å². The van der Waals surface area contributed by atoms with Crippen molar-refractivity contribution in [1.82, 2.24) is 15.0 Å². The van der Waals surface area contributed by atoms with Crippen LogP contribution in [-0.2, 0) is 0 Å². The molecule has 0 radical (unpaired) electrons. The maximum absolute atomic E-state index is 12.4. The number of carbonyl (C=O) groups is 1. The highest BCUT2D eigenvalue weighted by Crippen LogP contribution is 2.21. The van der Waals surface area contributed by atoms with E-state index in [0.717, 1.165) is 0 Å². The monoisotopic (exact) mass is 419 g/mol. The van der Waals surface area contributed by atoms with E-state index in [1.807, 2.05) is 13.8 Å². The van der Waals surface area contributed by atoms with Gasteiger partial charge in [-0.25, -0.2) is 4.79 Å². The number of benzene rings is 1. The first-order valence-electron chi connectivity index (χ1n) is 8.40. The Morgan fingerprint density at radius 3 is 2.38 bits per heavy atom. The van der Waals surface area contributed by atoms with E-state index in [0.29, 0.717) is 26.0 Å². The molecule has 0 atom stereocenters. The molecule has 2 N–H and O–H groups in total. The van der Waals surface area contributed by atoms with Crippen molar-refractivity contribution >= 4 is 23.6 Å². The lowest BCUT2D eigenvalue weighted by molar-refractivity contribution is -0.154. The van der Waals surface area contributed by atoms with Crippen molar-refractivity contribution in [2.24, 2.45) is 0 Å². The quantitative estimate of drug-likeness (QED) is 0.625. The largest absolute Gasteiger partial charge is 0.478 e. The summed E-state index contributed by atoms with van der Waals surface area (Å²) < 4.78 is 51.4. The van der Waals surface area contributed by atoms with Gasteiger partial charge in [-0.15, -0.1) is 0 Å². The molecule has 0 saturated heterocycles. The molecule has 12 heteroatoms. The number of aromatic carboxylic acids is 1. The fourth-order valence-electron chi connectivity index (χ4n) is 2.12. The lowest BCUT2D eigenvalue weighted by Crippen LogP contribution is -2.26. The number of carboxylic acids is 1. The van der Waals surface area contributed by atoms with E-state index in [1.165, 1.54) is 18.2 Å². The first kappa shape index (κ1) is 23.9. The van der Waals surface area contributed by atoms with E-state index >= 15 is 0 Å². The Balaban J connectivity index is 0.00000204. The van der Waals surface area contributed by atoms with Gasteiger partial charge in [0.15, 0.2) is 6.61 Å². The Bertz CT molecular complexity index is 801. The van der Waals surface area contributed by atoms with Gasteiger partial charge in [-0.05, 0) is 32.0 Å². The SMILES string of the molecule is CCN(CC)c1nc(Nc2cccc(C(=O)O)c2)nc(OCC(F)(F)F)n1.CF. The van der Waals surface area contributed by atoms with Crippen LogP contribution in [0.5, 0.6) is 6.01 Å². The number of rotatable bonds is 8. The molecular formula is C17H21F4N5O3. The number of carboxylic acid groups (broad SMARTS) is 1. The summed E-state index contributed by atoms with van der Waals surface area (Å²) in [5, 5.41) is 11.8. The summed E-state index contributed by atoms with van der Waals surface area (Å²) in [6.45, 7) is 3.18. The molecule has 160 valence electrons. The highest BCUT2D eigenvalue weighted by molar-refractivity contribution is 5.89. The van der Waals surface area contributed by atoms with Gasteiger partial charge in [0.2, 0.25) is 11.9 Å². The van der Waals surface area contributed by atoms with E-state index < -0.39 is 24.8 Å². The second-order valence-electron chi connectivity index (χ2n) is 5.33. The zero-order valence-electron chi connectivity index (χ0n) is 16.0. The van der Waals surface area contributed by atoms with Crippen LogP contribution in [0.3, 0.4) is 0 Å². The van der Waals surface area contributed by atoms with E-state index in [1.54, 1.807) is 11.0 Å². The molecule has 29 heavy (non-hydrogen) atoms. The van der Waals surface area contributed by atoms with Gasteiger partial charge in [-0.1, -0.05) is 6.07 Å². The van der Waals surface area contributed by atoms with Crippen molar-refractivity contribution in [1.29, 1.82) is 0 Å². The third kappa shape index (κ3) is 7.76. The zero-order chi connectivity index (χ0) is 22.0. The van der Waals surface area contributed by atoms with Gasteiger partial charge in [0.1, 0.15) is 0 Å². The van der Waals surface area contributed by atoms with Crippen LogP contribution >= 0.6 is 0 Å². The third-order valence-corrected chi connectivity index (χ3v) is 3.38. The summed E-state index contributed by atoms with van der Waals surface area (Å²) in [6.07, 6.45) is -4.54. The molecule has 1 aromatic carbocycles. The number of hydrogen-bond acceptors (Lipinski definition) is 7. The molecule has 1 aromatic heterocycles. The van der Waals surface area contributed by atoms with Crippen LogP contribution in [0.2, 0.25) is 0 Å². The molecule has 0 unspecified atom stereocenters. The lowest BCUT2D eigenvalue weighted by atomic mass is 10.2. The number of halogens is 4. The number of nitrogens with zero attached hydrogens (tertiary/aromatic N) is 4. The fraction of sp³-hybridized carbons (Fsp3) is 0.412. The van der Waals surface area contributed by atoms with E-state index in [-0.39, 0.29) is 17.5 Å². The topological polar surface area (TPSA) is 100 Å². The molecule has 0 amide bonds. The third-order valence-electron chi connectivity index (χ3n) is 3.38. The van der Waals surface area contributed by atoms with Crippen LogP contribution in [-0.4, -0.2) is 59.1 Å². The van der Waals surface area contributed by atoms with E-state index in [2.05, 4.69) is 25.0 Å². The molecule has 0 saturated carbocycles. The Hall–Kier alpha value is -3.18. The van der Waals surface area contributed by atoms with Gasteiger partial charge in [0.05, 0.1) is 12.7 Å². The zero-order valence-corrected chi connectivity index (χ0v) is 16.0. The summed E-state index contributed by atoms with van der Waals surface area (Å²) in [6, 6.07) is 5.35. The van der Waals surface area contributed by atoms with Gasteiger partial charge in [0, 0.05) is 18.8 Å². The lowest BCUT2D eigenvalue weighted by Gasteiger charge is -2.19. The van der Waals surface area contributed by atoms with Crippen LogP contribution in [0.25, 0.3) is 0 Å². The van der Waals surface area contributed by atoms with Gasteiger partial charge in [0.25, 0.3) is 0 Å². The van der Waals surface area contributed by atoms with Gasteiger partial charge in [-0.3, -0.25) is 4.39 Å². The Kier molecular flexibility index (Phi) is 9.03. The summed E-state index contributed by atoms with van der Waals surface area (Å²) in [5.41, 5.74) is 0.389. The average molecular weight is 419 g/mol. The molecule has 0 bridgehead atoms. The summed E-state index contributed by atoms with van der Waals surface area (Å²) in [5.74, 6) is -1.04. The van der Waals surface area contributed by atoms with Gasteiger partial charge >= 0.3 is 18.2 Å². The minimum atomic E-state index is -4.54. The van der Waals surface area contributed by atoms with Crippen LogP contribution in [0.15, 0.2) is 24.3 Å². The number of ether oxygens (including phenoxy) is 1. The molecule has 0 aliphatic heterocycles. The van der Waals surface area contributed by atoms with E-state index in [4.69, 9.17) is 5.11 Å². The van der Waals surface area contributed by atoms with Crippen molar-refractivity contribution in [3.05, 3.63) is 29.8 Å². The second kappa shape index (κ2) is 11.0. The first-order chi connectivity index (χ1) is 13.7. The number of aromatic nitrogens is 3. The number of anilines is 3. The van der Waals surface area contributed by atoms with Crippen molar-refractivity contribution < 1.29 is 32.2 Å². The molecule has 0 spiro atoms. The number of alkyl halides is 4. The maximum Gasteiger partial charge on any atom is 0.422 e. The van der Waals surface area contributed by atoms with Crippen molar-refractivity contribution in [2.75, 3.05) is 37.1 Å². The minimum Gasteiger partial charge on any atom is -0.478 e. The summed E-state index contributed by atoms with van der Waals surface area (Å²) >= 11 is 0. The fourth-order valence-corrected chi connectivity index (χ4v) is 2.12. The normalized spacial score (nSPS) is 10.6. The maximum atomic E-state index is 12.4. The number of hydrogen-bond donors (Lipinski definition) is 2. The van der Waals surface area contributed by atoms with Crippen molar-refractivity contribution in [3.8, 4) is 6.01 Å². The Morgan fingerprint density at radius 2 is 1.83 bits per heavy atom. The predicted molar refractivity (Wildman–Crippen MR) is 98.7 cm³/mol. The highest BCUT2D eigenvalue weighted by atomic mass is 19.4. The first-order valence-corrected chi connectivity index (χ1v) is 8.40. The minimum absolute atomic E-state index is 0.0339. The molecule has 8 nitrogen and oxygen atoms in total. The second-order valence-corrected chi connectivity index (χ2v) is 5.33. The van der Waals surface area contributed by atoms with Crippen molar-refractivity contribution in [2.45, 2.75) is 20.0 Å². The highest BCUT2D eigenvalue weighted by Gasteiger charge is 2.29. The van der Waals surface area contributed by atoms with Crippen LogP contribution in [0.4, 0.5) is 35.1 Å². The summed E-state index contributed by atoms with van der Waals surface area (Å²) in [4.78, 5) is 24.7. The molecule has 2 rings (SSSR count). The smallest absolute Gasteiger partial charge is 0.422 e. The average Bonchev–Trinajstić information content (AvgIpc) is 2.68. The molecule has 1 heterocycles. The molecular weight excluding hydrogens is 398 g/mol. The standard InChI is InChI=1S/C16H18F3N5O3.CH3F/c1-3-24(4-2)14-21-13(22-15(23-14)27-9-16(17,18)19)20-11-7-5-6-10(8-11)12(25)26;1-2/h5-8H,3-4,9H2,1-2H3,(H,25,26)(H,20,21,22,23);1H3. The van der Waals surface area contributed by atoms with E-state index in [9.17, 15) is 22.4 Å². The Labute approximate surface area is 164 Å². The van der Waals surface area contributed by atoms with Crippen LogP contribution < -0.4 is 15.0 Å². The molecule has 2 aromatic rings. The molecule has 0 fully saturated rings. The van der Waals surface area contributed by atoms with Gasteiger partial charge in [-0.2, -0.15) is 28.1 Å². The van der Waals surface area contributed by atoms with Crippen LogP contribution in [0, 0.1) is 0 Å². The van der Waals surface area contributed by atoms with Crippen LogP contribution in [0.1, 0.15) is 24.2 Å². The van der Waals surface area contributed by atoms with Crippen molar-refractivity contribution in [3.63, 3.8) is 0 Å². The summed E-state index contributed by atoms with van der Waals surface area (Å²) in [7, 11) is 0.500. The Morgan fingerprint density at radius 1 is 1.17 bits per heavy atom. The predicted octanol–water partition coefficient (Wildman–Crippen LogP) is 3.69. The number of nitrogens with one attached hydrogen (secondary N) is 1. The molecule has 0 aliphatic carbocycles. The molecule has 0 aliphatic rings.